The van der Waals surface area contributed by atoms with Crippen LogP contribution in [0.4, 0.5) is 28.8 Å². The molecule has 2 N–H and O–H groups in total. The molecule has 31 heavy (non-hydrogen) atoms. The Hall–Kier alpha value is -3.46. The highest BCUT2D eigenvalue weighted by atomic mass is 32.2. The average molecular weight is 440 g/mol. The molecule has 0 atom stereocenters. The number of hydrogen-bond acceptors (Lipinski definition) is 7. The lowest BCUT2D eigenvalue weighted by molar-refractivity contribution is -0.115. The second-order valence-electron chi connectivity index (χ2n) is 7.14. The van der Waals surface area contributed by atoms with Crippen molar-refractivity contribution in [3.05, 3.63) is 66.4 Å². The van der Waals surface area contributed by atoms with Crippen LogP contribution in [0.5, 0.6) is 0 Å². The Labute approximate surface area is 182 Å². The minimum absolute atomic E-state index is 0.0269. The van der Waals surface area contributed by atoms with Crippen molar-refractivity contribution in [2.75, 3.05) is 28.8 Å². The predicted octanol–water partition coefficient (Wildman–Crippen LogP) is 3.88. The molecule has 0 radical (unpaired) electrons. The summed E-state index contributed by atoms with van der Waals surface area (Å²) in [4.78, 5) is 22.2. The summed E-state index contributed by atoms with van der Waals surface area (Å²) < 4.78 is 23.1. The van der Waals surface area contributed by atoms with E-state index in [1.807, 2.05) is 42.3 Å². The van der Waals surface area contributed by atoms with Crippen LogP contribution in [-0.2, 0) is 20.4 Å². The van der Waals surface area contributed by atoms with Gasteiger partial charge in [0, 0.05) is 43.0 Å². The first-order chi connectivity index (χ1) is 14.7. The fourth-order valence-electron chi connectivity index (χ4n) is 2.92. The van der Waals surface area contributed by atoms with E-state index in [0.717, 1.165) is 11.4 Å². The third-order valence-corrected chi connectivity index (χ3v) is 5.31. The summed E-state index contributed by atoms with van der Waals surface area (Å²) >= 11 is 0. The highest BCUT2D eigenvalue weighted by Crippen LogP contribution is 2.25. The van der Waals surface area contributed by atoms with E-state index in [4.69, 9.17) is 0 Å². The number of benzene rings is 2. The van der Waals surface area contributed by atoms with Gasteiger partial charge in [-0.15, -0.1) is 0 Å². The Bertz CT molecular complexity index is 1160. The summed E-state index contributed by atoms with van der Waals surface area (Å²) in [6, 6.07) is 16.4. The number of hydrogen-bond donors (Lipinski definition) is 2. The van der Waals surface area contributed by atoms with E-state index in [2.05, 4.69) is 20.6 Å². The average Bonchev–Trinajstić information content (AvgIpc) is 2.73. The summed E-state index contributed by atoms with van der Waals surface area (Å²) in [6.07, 6.45) is 3.28. The minimum Gasteiger partial charge on any atom is -0.329 e. The molecular weight excluding hydrogens is 414 g/mol. The van der Waals surface area contributed by atoms with E-state index in [1.165, 1.54) is 6.26 Å². The highest BCUT2D eigenvalue weighted by molar-refractivity contribution is 7.89. The zero-order valence-electron chi connectivity index (χ0n) is 17.7. The van der Waals surface area contributed by atoms with Crippen LogP contribution >= 0.6 is 0 Å². The van der Waals surface area contributed by atoms with Crippen LogP contribution in [0.25, 0.3) is 0 Å². The lowest BCUT2D eigenvalue weighted by Crippen LogP contribution is -2.13. The van der Waals surface area contributed by atoms with E-state index in [9.17, 15) is 13.2 Å². The zero-order valence-corrected chi connectivity index (χ0v) is 18.5. The maximum atomic E-state index is 11.5. The van der Waals surface area contributed by atoms with E-state index in [0.29, 0.717) is 29.4 Å². The number of nitrogens with one attached hydrogen (secondary N) is 2. The molecule has 1 aromatic heterocycles. The number of anilines is 5. The van der Waals surface area contributed by atoms with Crippen molar-refractivity contribution in [3.8, 4) is 0 Å². The number of nitrogens with zero attached hydrogens (tertiary/aromatic N) is 3. The number of sulfone groups is 1. The maximum Gasteiger partial charge on any atom is 0.229 e. The molecule has 0 saturated carbocycles. The van der Waals surface area contributed by atoms with Gasteiger partial charge in [-0.3, -0.25) is 4.79 Å². The molecule has 162 valence electrons. The summed E-state index contributed by atoms with van der Waals surface area (Å²) in [5.41, 5.74) is 3.03. The molecule has 0 spiro atoms. The monoisotopic (exact) mass is 439 g/mol. The van der Waals surface area contributed by atoms with Crippen LogP contribution in [0.1, 0.15) is 18.9 Å². The Morgan fingerprint density at radius 2 is 1.81 bits per heavy atom. The number of rotatable bonds is 8. The van der Waals surface area contributed by atoms with Gasteiger partial charge in [-0.25, -0.2) is 13.4 Å². The number of carbonyl (C=O) groups is 1. The van der Waals surface area contributed by atoms with Crippen molar-refractivity contribution in [1.29, 1.82) is 0 Å². The molecule has 1 heterocycles. The number of aromatic nitrogens is 2. The smallest absolute Gasteiger partial charge is 0.229 e. The Morgan fingerprint density at radius 3 is 2.48 bits per heavy atom. The molecule has 0 aliphatic heterocycles. The van der Waals surface area contributed by atoms with Gasteiger partial charge in [0.2, 0.25) is 11.9 Å². The van der Waals surface area contributed by atoms with Gasteiger partial charge < -0.3 is 15.5 Å². The van der Waals surface area contributed by atoms with Gasteiger partial charge in [-0.2, -0.15) is 4.98 Å². The predicted molar refractivity (Wildman–Crippen MR) is 124 cm³/mol. The Kier molecular flexibility index (Phi) is 6.86. The standard InChI is InChI=1S/C22H25N5O3S/c1-4-21(28)24-17-8-10-19(11-9-17)27(2)20-12-13-23-22(26-20)25-18-7-5-6-16(14-18)15-31(3,29)30/h5-14H,4,15H2,1-3H3,(H,24,28)(H,23,25,26). The number of carbonyl (C=O) groups excluding carboxylic acids is 1. The molecule has 2 aromatic carbocycles. The van der Waals surface area contributed by atoms with Crippen LogP contribution in [-0.4, -0.2) is 37.6 Å². The van der Waals surface area contributed by atoms with E-state index >= 15 is 0 Å². The van der Waals surface area contributed by atoms with E-state index in [-0.39, 0.29) is 11.7 Å². The summed E-state index contributed by atoms with van der Waals surface area (Å²) in [5.74, 6) is 1.01. The molecule has 9 heteroatoms. The lowest BCUT2D eigenvalue weighted by atomic mass is 10.2. The molecule has 0 aliphatic rings. The largest absolute Gasteiger partial charge is 0.329 e. The first-order valence-electron chi connectivity index (χ1n) is 9.74. The fourth-order valence-corrected chi connectivity index (χ4v) is 3.70. The second kappa shape index (κ2) is 9.57. The summed E-state index contributed by atoms with van der Waals surface area (Å²) in [5, 5.41) is 5.94. The van der Waals surface area contributed by atoms with Crippen LogP contribution < -0.4 is 15.5 Å². The third kappa shape index (κ3) is 6.51. The van der Waals surface area contributed by atoms with Crippen molar-refractivity contribution in [1.82, 2.24) is 9.97 Å². The quantitative estimate of drug-likeness (QED) is 0.549. The maximum absolute atomic E-state index is 11.5. The van der Waals surface area contributed by atoms with Crippen LogP contribution in [0.15, 0.2) is 60.8 Å². The SMILES string of the molecule is CCC(=O)Nc1ccc(N(C)c2ccnc(Nc3cccc(CS(C)(=O)=O)c3)n2)cc1. The first-order valence-corrected chi connectivity index (χ1v) is 11.8. The van der Waals surface area contributed by atoms with Crippen LogP contribution in [0.2, 0.25) is 0 Å². The number of amides is 1. The van der Waals surface area contributed by atoms with Gasteiger partial charge in [0.1, 0.15) is 5.82 Å². The summed E-state index contributed by atoms with van der Waals surface area (Å²) in [7, 11) is -1.23. The zero-order chi connectivity index (χ0) is 22.4. The van der Waals surface area contributed by atoms with Gasteiger partial charge in [-0.05, 0) is 48.0 Å². The van der Waals surface area contributed by atoms with Gasteiger partial charge in [0.05, 0.1) is 5.75 Å². The van der Waals surface area contributed by atoms with Gasteiger partial charge >= 0.3 is 0 Å². The molecule has 0 bridgehead atoms. The molecule has 0 unspecified atom stereocenters. The lowest BCUT2D eigenvalue weighted by Gasteiger charge is -2.19. The molecule has 0 saturated heterocycles. The molecule has 3 aromatic rings. The second-order valence-corrected chi connectivity index (χ2v) is 9.28. The third-order valence-electron chi connectivity index (χ3n) is 4.46. The van der Waals surface area contributed by atoms with Crippen molar-refractivity contribution in [2.24, 2.45) is 0 Å². The van der Waals surface area contributed by atoms with E-state index in [1.54, 1.807) is 37.4 Å². The van der Waals surface area contributed by atoms with Crippen LogP contribution in [0.3, 0.4) is 0 Å². The van der Waals surface area contributed by atoms with Crippen LogP contribution in [0, 0.1) is 0 Å². The normalized spacial score (nSPS) is 11.1. The van der Waals surface area contributed by atoms with Crippen molar-refractivity contribution in [2.45, 2.75) is 19.1 Å². The van der Waals surface area contributed by atoms with E-state index < -0.39 is 9.84 Å². The molecule has 0 fully saturated rings. The molecule has 0 aliphatic carbocycles. The Balaban J connectivity index is 1.74. The molecule has 8 nitrogen and oxygen atoms in total. The summed E-state index contributed by atoms with van der Waals surface area (Å²) in [6.45, 7) is 1.81. The fraction of sp³-hybridized carbons (Fsp3) is 0.227. The van der Waals surface area contributed by atoms with Gasteiger partial charge in [-0.1, -0.05) is 19.1 Å². The minimum atomic E-state index is -3.12. The Morgan fingerprint density at radius 1 is 1.06 bits per heavy atom. The van der Waals surface area contributed by atoms with Crippen molar-refractivity contribution in [3.63, 3.8) is 0 Å². The topological polar surface area (TPSA) is 104 Å². The molecular formula is C22H25N5O3S. The van der Waals surface area contributed by atoms with Gasteiger partial charge in [0.25, 0.3) is 0 Å². The first kappa shape index (κ1) is 22.2. The van der Waals surface area contributed by atoms with Gasteiger partial charge in [0.15, 0.2) is 9.84 Å². The van der Waals surface area contributed by atoms with Crippen molar-refractivity contribution < 1.29 is 13.2 Å². The molecule has 3 rings (SSSR count). The molecule has 1 amide bonds. The highest BCUT2D eigenvalue weighted by Gasteiger charge is 2.09. The van der Waals surface area contributed by atoms with Crippen molar-refractivity contribution >= 4 is 44.6 Å².